The summed E-state index contributed by atoms with van der Waals surface area (Å²) >= 11 is 0. The normalized spacial score (nSPS) is 12.2. The SMILES string of the molecule is COC(=O)CCC/C=C/C(=C/CCc1ccccc1)CCCCOC(=O)C(C)(C)C. The van der Waals surface area contributed by atoms with E-state index in [1.807, 2.05) is 26.8 Å². The Morgan fingerprint density at radius 3 is 2.37 bits per heavy atom. The Bertz CT molecular complexity index is 681. The zero-order valence-electron chi connectivity index (χ0n) is 19.1. The van der Waals surface area contributed by atoms with E-state index in [1.54, 1.807) is 0 Å². The Morgan fingerprint density at radius 1 is 0.967 bits per heavy atom. The highest BCUT2D eigenvalue weighted by molar-refractivity contribution is 5.75. The van der Waals surface area contributed by atoms with Crippen LogP contribution in [-0.4, -0.2) is 25.7 Å². The molecule has 0 saturated heterocycles. The van der Waals surface area contributed by atoms with Crippen LogP contribution >= 0.6 is 0 Å². The fourth-order valence-electron chi connectivity index (χ4n) is 2.84. The summed E-state index contributed by atoms with van der Waals surface area (Å²) < 4.78 is 10.0. The van der Waals surface area contributed by atoms with Gasteiger partial charge in [0.2, 0.25) is 0 Å². The summed E-state index contributed by atoms with van der Waals surface area (Å²) in [6, 6.07) is 10.5. The van der Waals surface area contributed by atoms with Crippen LogP contribution in [0.5, 0.6) is 0 Å². The predicted molar refractivity (Wildman–Crippen MR) is 122 cm³/mol. The van der Waals surface area contributed by atoms with Gasteiger partial charge in [-0.15, -0.1) is 0 Å². The van der Waals surface area contributed by atoms with E-state index in [2.05, 4.69) is 47.2 Å². The molecule has 0 heterocycles. The number of rotatable bonds is 13. The molecule has 0 unspecified atom stereocenters. The van der Waals surface area contributed by atoms with Gasteiger partial charge in [0.25, 0.3) is 0 Å². The molecular formula is C26H38O4. The Labute approximate surface area is 182 Å². The molecule has 4 nitrogen and oxygen atoms in total. The van der Waals surface area contributed by atoms with Gasteiger partial charge in [0.15, 0.2) is 0 Å². The first-order chi connectivity index (χ1) is 14.3. The number of carbonyl (C=O) groups is 2. The second-order valence-electron chi connectivity index (χ2n) is 8.52. The van der Waals surface area contributed by atoms with Gasteiger partial charge in [-0.1, -0.05) is 54.1 Å². The molecule has 0 atom stereocenters. The van der Waals surface area contributed by atoms with Gasteiger partial charge in [0.1, 0.15) is 0 Å². The first-order valence-corrected chi connectivity index (χ1v) is 11.0. The van der Waals surface area contributed by atoms with Gasteiger partial charge in [-0.3, -0.25) is 9.59 Å². The first-order valence-electron chi connectivity index (χ1n) is 11.0. The van der Waals surface area contributed by atoms with E-state index in [0.717, 1.165) is 44.9 Å². The highest BCUT2D eigenvalue weighted by Gasteiger charge is 2.22. The van der Waals surface area contributed by atoms with Crippen molar-refractivity contribution in [3.63, 3.8) is 0 Å². The van der Waals surface area contributed by atoms with E-state index in [9.17, 15) is 9.59 Å². The third-order valence-electron chi connectivity index (χ3n) is 4.70. The molecule has 0 aliphatic heterocycles. The summed E-state index contributed by atoms with van der Waals surface area (Å²) in [6.07, 6.45) is 13.5. The van der Waals surface area contributed by atoms with Crippen molar-refractivity contribution in [2.24, 2.45) is 5.41 Å². The number of unbranched alkanes of at least 4 members (excludes halogenated alkanes) is 2. The molecule has 0 N–H and O–H groups in total. The third kappa shape index (κ3) is 12.3. The highest BCUT2D eigenvalue weighted by atomic mass is 16.5. The molecular weight excluding hydrogens is 376 g/mol. The molecule has 1 aromatic carbocycles. The largest absolute Gasteiger partial charge is 0.469 e. The summed E-state index contributed by atoms with van der Waals surface area (Å²) in [5.41, 5.74) is 2.19. The number of esters is 2. The van der Waals surface area contributed by atoms with Gasteiger partial charge < -0.3 is 9.47 Å². The molecule has 0 spiro atoms. The van der Waals surface area contributed by atoms with Crippen molar-refractivity contribution in [1.82, 2.24) is 0 Å². The fraction of sp³-hybridized carbons (Fsp3) is 0.538. The number of benzene rings is 1. The number of allylic oxidation sites excluding steroid dienone is 4. The smallest absolute Gasteiger partial charge is 0.311 e. The number of hydrogen-bond donors (Lipinski definition) is 0. The van der Waals surface area contributed by atoms with Crippen molar-refractivity contribution in [1.29, 1.82) is 0 Å². The van der Waals surface area contributed by atoms with Gasteiger partial charge in [0.05, 0.1) is 19.1 Å². The van der Waals surface area contributed by atoms with Crippen molar-refractivity contribution in [2.45, 2.75) is 72.1 Å². The Balaban J connectivity index is 2.47. The molecule has 0 aliphatic rings. The molecule has 0 bridgehead atoms. The zero-order valence-corrected chi connectivity index (χ0v) is 19.1. The molecule has 166 valence electrons. The molecule has 4 heteroatoms. The monoisotopic (exact) mass is 414 g/mol. The van der Waals surface area contributed by atoms with Crippen LogP contribution in [0.4, 0.5) is 0 Å². The Kier molecular flexibility index (Phi) is 12.5. The van der Waals surface area contributed by atoms with Gasteiger partial charge in [0, 0.05) is 6.42 Å². The van der Waals surface area contributed by atoms with Crippen molar-refractivity contribution in [3.8, 4) is 0 Å². The van der Waals surface area contributed by atoms with Gasteiger partial charge >= 0.3 is 11.9 Å². The van der Waals surface area contributed by atoms with E-state index in [0.29, 0.717) is 13.0 Å². The standard InChI is InChI=1S/C26H38O4/c1-26(2,3)25(28)30-21-12-11-17-23(16-9-6-10-20-24(27)29-4)19-13-18-22-14-7-5-8-15-22/h5,7-9,14-16,19H,6,10-13,17-18,20-21H2,1-4H3/b16-9+,23-19-. The maximum absolute atomic E-state index is 11.8. The average Bonchev–Trinajstić information content (AvgIpc) is 2.72. The van der Waals surface area contributed by atoms with Crippen LogP contribution in [0.2, 0.25) is 0 Å². The van der Waals surface area contributed by atoms with Crippen LogP contribution < -0.4 is 0 Å². The Hall–Kier alpha value is -2.36. The first kappa shape index (κ1) is 25.7. The van der Waals surface area contributed by atoms with Crippen molar-refractivity contribution < 1.29 is 19.1 Å². The third-order valence-corrected chi connectivity index (χ3v) is 4.70. The van der Waals surface area contributed by atoms with Crippen molar-refractivity contribution in [2.75, 3.05) is 13.7 Å². The maximum Gasteiger partial charge on any atom is 0.311 e. The lowest BCUT2D eigenvalue weighted by Gasteiger charge is -2.16. The van der Waals surface area contributed by atoms with Crippen LogP contribution in [0.25, 0.3) is 0 Å². The number of carbonyl (C=O) groups excluding carboxylic acids is 2. The molecule has 0 aliphatic carbocycles. The number of aryl methyl sites for hydroxylation is 1. The molecule has 0 fully saturated rings. The van der Waals surface area contributed by atoms with E-state index in [4.69, 9.17) is 4.74 Å². The zero-order chi connectivity index (χ0) is 22.2. The van der Waals surface area contributed by atoms with Gasteiger partial charge in [-0.2, -0.15) is 0 Å². The van der Waals surface area contributed by atoms with Gasteiger partial charge in [-0.05, 0) is 71.3 Å². The summed E-state index contributed by atoms with van der Waals surface area (Å²) in [4.78, 5) is 23.0. The molecule has 1 aromatic rings. The van der Waals surface area contributed by atoms with Crippen LogP contribution in [0.3, 0.4) is 0 Å². The van der Waals surface area contributed by atoms with E-state index in [1.165, 1.54) is 18.2 Å². The molecule has 30 heavy (non-hydrogen) atoms. The number of methoxy groups -OCH3 is 1. The van der Waals surface area contributed by atoms with Crippen LogP contribution in [0.15, 0.2) is 54.1 Å². The molecule has 0 aromatic heterocycles. The fourth-order valence-corrected chi connectivity index (χ4v) is 2.84. The summed E-state index contributed by atoms with van der Waals surface area (Å²) in [6.45, 7) is 6.08. The molecule has 0 saturated carbocycles. The predicted octanol–water partition coefficient (Wildman–Crippen LogP) is 6.20. The number of hydrogen-bond acceptors (Lipinski definition) is 4. The quantitative estimate of drug-likeness (QED) is 0.219. The maximum atomic E-state index is 11.8. The van der Waals surface area contributed by atoms with Crippen LogP contribution in [-0.2, 0) is 25.5 Å². The average molecular weight is 415 g/mol. The van der Waals surface area contributed by atoms with Gasteiger partial charge in [-0.25, -0.2) is 0 Å². The van der Waals surface area contributed by atoms with E-state index < -0.39 is 5.41 Å². The lowest BCUT2D eigenvalue weighted by atomic mass is 9.97. The Morgan fingerprint density at radius 2 is 1.70 bits per heavy atom. The second kappa shape index (κ2) is 14.6. The lowest BCUT2D eigenvalue weighted by Crippen LogP contribution is -2.23. The van der Waals surface area contributed by atoms with Crippen LogP contribution in [0.1, 0.15) is 71.3 Å². The highest BCUT2D eigenvalue weighted by Crippen LogP contribution is 2.17. The molecule has 1 rings (SSSR count). The van der Waals surface area contributed by atoms with E-state index >= 15 is 0 Å². The van der Waals surface area contributed by atoms with Crippen LogP contribution in [0, 0.1) is 5.41 Å². The molecule has 0 amide bonds. The number of ether oxygens (including phenoxy) is 2. The minimum atomic E-state index is -0.449. The minimum absolute atomic E-state index is 0.147. The summed E-state index contributed by atoms with van der Waals surface area (Å²) in [7, 11) is 1.42. The van der Waals surface area contributed by atoms with Crippen molar-refractivity contribution in [3.05, 3.63) is 59.7 Å². The topological polar surface area (TPSA) is 52.6 Å². The molecule has 0 radical (unpaired) electrons. The summed E-state index contributed by atoms with van der Waals surface area (Å²) in [5, 5.41) is 0. The second-order valence-corrected chi connectivity index (χ2v) is 8.52. The van der Waals surface area contributed by atoms with E-state index in [-0.39, 0.29) is 11.9 Å². The minimum Gasteiger partial charge on any atom is -0.469 e. The lowest BCUT2D eigenvalue weighted by molar-refractivity contribution is -0.153. The van der Waals surface area contributed by atoms with Crippen molar-refractivity contribution >= 4 is 11.9 Å². The summed E-state index contributed by atoms with van der Waals surface area (Å²) in [5.74, 6) is -0.307.